The Labute approximate surface area is 128 Å². The number of rotatable bonds is 3. The molecule has 2 aromatic rings. The molecule has 23 heavy (non-hydrogen) atoms. The monoisotopic (exact) mass is 323 g/mol. The second kappa shape index (κ2) is 5.10. The highest BCUT2D eigenvalue weighted by Gasteiger charge is 2.38. The Bertz CT molecular complexity index is 783. The molecule has 0 saturated heterocycles. The van der Waals surface area contributed by atoms with E-state index in [1.165, 1.54) is 12.1 Å². The Kier molecular flexibility index (Phi) is 3.33. The van der Waals surface area contributed by atoms with Gasteiger partial charge in [0.25, 0.3) is 22.7 Å². The Morgan fingerprint density at radius 3 is 2.04 bits per heavy atom. The van der Waals surface area contributed by atoms with Crippen molar-refractivity contribution in [2.24, 2.45) is 0 Å². The van der Waals surface area contributed by atoms with E-state index in [2.05, 4.69) is 0 Å². The lowest BCUT2D eigenvalue weighted by molar-refractivity contribution is -0.279. The molecule has 3 rings (SSSR count). The van der Waals surface area contributed by atoms with Crippen molar-refractivity contribution in [1.82, 2.24) is 10.0 Å². The maximum Gasteiger partial charge on any atom is 0.279 e. The van der Waals surface area contributed by atoms with Gasteiger partial charge in [0.15, 0.2) is 0 Å². The predicted molar refractivity (Wildman–Crippen MR) is 73.9 cm³/mol. The van der Waals surface area contributed by atoms with E-state index in [-0.39, 0.29) is 16.7 Å². The van der Waals surface area contributed by atoms with E-state index >= 15 is 0 Å². The summed E-state index contributed by atoms with van der Waals surface area (Å²) >= 11 is 0. The molecule has 1 aliphatic heterocycles. The number of fused-ring (bicyclic) bond motifs is 1. The molecule has 5 nitrogen and oxygen atoms in total. The number of hydrogen-bond acceptors (Lipinski definition) is 3. The zero-order valence-electron chi connectivity index (χ0n) is 11.5. The van der Waals surface area contributed by atoms with Crippen molar-refractivity contribution in [2.75, 3.05) is 0 Å². The highest BCUT2D eigenvalue weighted by atomic mass is 19.6. The summed E-state index contributed by atoms with van der Waals surface area (Å²) in [5.74, 6) is -1.62. The number of benzene rings is 2. The van der Waals surface area contributed by atoms with Gasteiger partial charge in [-0.15, -0.1) is 0 Å². The van der Waals surface area contributed by atoms with Crippen LogP contribution >= 0.6 is 0 Å². The number of amides is 2. The zero-order valence-corrected chi connectivity index (χ0v) is 11.5. The van der Waals surface area contributed by atoms with Crippen LogP contribution in [0.2, 0.25) is 0 Å². The van der Waals surface area contributed by atoms with Crippen LogP contribution in [0, 0.1) is 0 Å². The van der Waals surface area contributed by atoms with Gasteiger partial charge in [-0.05, 0) is 18.2 Å². The summed E-state index contributed by atoms with van der Waals surface area (Å²) in [6.07, 6.45) is 0. The van der Waals surface area contributed by atoms with Crippen molar-refractivity contribution in [2.45, 2.75) is 6.54 Å². The van der Waals surface area contributed by atoms with Crippen LogP contribution in [-0.4, -0.2) is 21.8 Å². The van der Waals surface area contributed by atoms with Gasteiger partial charge in [-0.1, -0.05) is 12.1 Å². The van der Waals surface area contributed by atoms with Gasteiger partial charge in [0.2, 0.25) is 0 Å². The van der Waals surface area contributed by atoms with E-state index in [4.69, 9.17) is 0 Å². The van der Waals surface area contributed by atoms with Crippen molar-refractivity contribution < 1.29 is 28.1 Å². The van der Waals surface area contributed by atoms with Crippen molar-refractivity contribution in [1.29, 1.82) is 0 Å². The number of quaternary nitrogens is 1. The average molecular weight is 323 g/mol. The fraction of sp³-hybridized carbons (Fsp3) is 0.0667. The highest BCUT2D eigenvalue weighted by molar-refractivity contribution is 6.21. The molecule has 118 valence electrons. The lowest BCUT2D eigenvalue weighted by Crippen LogP contribution is -2.29. The van der Waals surface area contributed by atoms with Crippen LogP contribution < -0.4 is 5.15 Å². The van der Waals surface area contributed by atoms with E-state index in [9.17, 15) is 28.1 Å². The predicted octanol–water partition coefficient (Wildman–Crippen LogP) is 3.15. The van der Waals surface area contributed by atoms with Gasteiger partial charge >= 0.3 is 0 Å². The fourth-order valence-electron chi connectivity index (χ4n) is 2.41. The summed E-state index contributed by atoms with van der Waals surface area (Å²) in [7, 11) is 0. The van der Waals surface area contributed by atoms with Crippen molar-refractivity contribution in [3.05, 3.63) is 59.2 Å². The largest absolute Gasteiger partial charge is 0.508 e. The summed E-state index contributed by atoms with van der Waals surface area (Å²) in [5, 5.41) is 5.81. The number of phenols is 1. The minimum Gasteiger partial charge on any atom is -0.508 e. The minimum atomic E-state index is -3.92. The number of halogens is 3. The molecule has 0 aliphatic carbocycles. The van der Waals surface area contributed by atoms with Gasteiger partial charge in [-0.3, -0.25) is 14.5 Å². The highest BCUT2D eigenvalue weighted by Crippen LogP contribution is 2.33. The minimum absolute atomic E-state index is 0.160. The number of phenolic OH excluding ortho intramolecular Hbond substituents is 1. The number of nitrogens with zero attached hydrogens (tertiary/aromatic N) is 2. The lowest BCUT2D eigenvalue weighted by Gasteiger charge is -2.15. The summed E-state index contributed by atoms with van der Waals surface area (Å²) in [4.78, 5) is 25.2. The van der Waals surface area contributed by atoms with Crippen molar-refractivity contribution >= 4 is 17.5 Å². The van der Waals surface area contributed by atoms with Crippen LogP contribution in [0.5, 0.6) is 5.75 Å². The third-order valence-corrected chi connectivity index (χ3v) is 3.56. The molecule has 8 heteroatoms. The molecule has 0 fully saturated rings. The van der Waals surface area contributed by atoms with Crippen molar-refractivity contribution in [3.63, 3.8) is 0 Å². The number of imide groups is 1. The smallest absolute Gasteiger partial charge is 0.279 e. The van der Waals surface area contributed by atoms with E-state index in [0.29, 0.717) is 12.1 Å². The van der Waals surface area contributed by atoms with Crippen LogP contribution in [-0.2, 0) is 6.54 Å². The Balaban J connectivity index is 1.95. The lowest BCUT2D eigenvalue weighted by atomic mass is 10.1. The van der Waals surface area contributed by atoms with Gasteiger partial charge < -0.3 is 5.11 Å². The molecule has 1 aliphatic rings. The Hall–Kier alpha value is -2.87. The summed E-state index contributed by atoms with van der Waals surface area (Å²) in [6, 6.07) is 8.42. The summed E-state index contributed by atoms with van der Waals surface area (Å²) in [6.45, 7) is -0.438. The molecule has 0 bridgehead atoms. The standard InChI is InChI=1S/C15H9F3N2O3/c16-20(17,18)10-5-6-13(21)9(7-10)8-19-14(22)11-3-1-2-4-12(11)15(19)23/h1-7H,8H2/p+1. The molecule has 0 saturated carbocycles. The second-order valence-electron chi connectivity index (χ2n) is 5.00. The maximum absolute atomic E-state index is 12.7. The van der Waals surface area contributed by atoms with Gasteiger partial charge in [-0.2, -0.15) is 0 Å². The zero-order chi connectivity index (χ0) is 16.8. The molecule has 1 N–H and O–H groups in total. The molecule has 0 atom stereocenters. The third kappa shape index (κ3) is 2.53. The molecule has 0 aromatic heterocycles. The van der Waals surface area contributed by atoms with Crippen LogP contribution in [0.1, 0.15) is 26.3 Å². The first-order chi connectivity index (χ1) is 10.8. The topological polar surface area (TPSA) is 57.6 Å². The van der Waals surface area contributed by atoms with Gasteiger partial charge in [0.1, 0.15) is 5.75 Å². The SMILES string of the molecule is O=C1c2ccccc2C(=O)N1Cc1cc([N+](F)(F)F)ccc1O. The van der Waals surface area contributed by atoms with Crippen molar-refractivity contribution in [3.8, 4) is 5.75 Å². The number of hydrogen-bond donors (Lipinski definition) is 1. The fourth-order valence-corrected chi connectivity index (χ4v) is 2.41. The molecular weight excluding hydrogens is 313 g/mol. The average Bonchev–Trinajstić information content (AvgIpc) is 2.74. The van der Waals surface area contributed by atoms with E-state index in [0.717, 1.165) is 11.0 Å². The molecular formula is C15H10F3N2O3+. The maximum atomic E-state index is 12.7. The van der Waals surface area contributed by atoms with Gasteiger partial charge in [0.05, 0.1) is 31.1 Å². The molecule has 2 aromatic carbocycles. The molecule has 0 radical (unpaired) electrons. The van der Waals surface area contributed by atoms with E-state index in [1.807, 2.05) is 0 Å². The number of aromatic hydroxyl groups is 1. The first-order valence-corrected chi connectivity index (χ1v) is 6.54. The summed E-state index contributed by atoms with van der Waals surface area (Å²) in [5.41, 5.74) is -0.790. The number of carbonyl (C=O) groups excluding carboxylic acids is 2. The van der Waals surface area contributed by atoms with Crippen LogP contribution in [0.4, 0.5) is 19.1 Å². The Morgan fingerprint density at radius 2 is 1.52 bits per heavy atom. The number of carbonyl (C=O) groups is 2. The van der Waals surface area contributed by atoms with Gasteiger partial charge in [0, 0.05) is 17.7 Å². The van der Waals surface area contributed by atoms with Crippen LogP contribution in [0.3, 0.4) is 0 Å². The molecule has 0 spiro atoms. The van der Waals surface area contributed by atoms with Gasteiger partial charge in [-0.25, -0.2) is 0 Å². The quantitative estimate of drug-likeness (QED) is 0.697. The molecule has 1 heterocycles. The molecule has 0 unspecified atom stereocenters. The first-order valence-electron chi connectivity index (χ1n) is 6.54. The third-order valence-electron chi connectivity index (χ3n) is 3.56. The van der Waals surface area contributed by atoms with E-state index in [1.54, 1.807) is 12.1 Å². The van der Waals surface area contributed by atoms with Crippen LogP contribution in [0.15, 0.2) is 42.5 Å². The molecule has 2 amide bonds. The second-order valence-corrected chi connectivity index (χ2v) is 5.00. The summed E-state index contributed by atoms with van der Waals surface area (Å²) < 4.78 is 38.1. The normalized spacial score (nSPS) is 14.3. The van der Waals surface area contributed by atoms with E-state index < -0.39 is 34.9 Å². The Morgan fingerprint density at radius 1 is 0.957 bits per heavy atom. The first kappa shape index (κ1) is 15.0. The van der Waals surface area contributed by atoms with Crippen LogP contribution in [0.25, 0.3) is 0 Å².